The van der Waals surface area contributed by atoms with Crippen molar-refractivity contribution in [3.05, 3.63) is 35.1 Å². The van der Waals surface area contributed by atoms with Crippen molar-refractivity contribution in [1.29, 1.82) is 0 Å². The molecule has 0 saturated heterocycles. The van der Waals surface area contributed by atoms with E-state index in [0.29, 0.717) is 11.1 Å². The van der Waals surface area contributed by atoms with E-state index in [1.165, 1.54) is 6.07 Å². The lowest BCUT2D eigenvalue weighted by Gasteiger charge is -2.09. The Morgan fingerprint density at radius 1 is 1.62 bits per heavy atom. The Kier molecular flexibility index (Phi) is 3.02. The number of hydrogen-bond acceptors (Lipinski definition) is 2. The predicted octanol–water partition coefficient (Wildman–Crippen LogP) is 1.27. The van der Waals surface area contributed by atoms with Crippen LogP contribution in [-0.2, 0) is 0 Å². The van der Waals surface area contributed by atoms with Gasteiger partial charge in [0.25, 0.3) is 0 Å². The second kappa shape index (κ2) is 4.04. The first-order valence-corrected chi connectivity index (χ1v) is 3.87. The summed E-state index contributed by atoms with van der Waals surface area (Å²) >= 11 is 0. The Hall–Kier alpha value is -1.37. The first kappa shape index (κ1) is 9.72. The summed E-state index contributed by atoms with van der Waals surface area (Å²) in [5.74, 6) is 7.33. The van der Waals surface area contributed by atoms with Crippen molar-refractivity contribution >= 4 is 0 Å². The van der Waals surface area contributed by atoms with Crippen molar-refractivity contribution in [2.24, 2.45) is 5.84 Å². The molecule has 1 rings (SSSR count). The molecule has 0 aliphatic carbocycles. The summed E-state index contributed by atoms with van der Waals surface area (Å²) in [4.78, 5) is 0. The molecule has 0 aliphatic rings. The van der Waals surface area contributed by atoms with Crippen LogP contribution >= 0.6 is 0 Å². The van der Waals surface area contributed by atoms with Crippen LogP contribution in [0.1, 0.15) is 17.2 Å². The zero-order valence-electron chi connectivity index (χ0n) is 7.34. The van der Waals surface area contributed by atoms with Crippen LogP contribution in [0.15, 0.2) is 18.2 Å². The number of hydrogen-bond donors (Lipinski definition) is 2. The van der Waals surface area contributed by atoms with Crippen molar-refractivity contribution in [2.45, 2.75) is 13.0 Å². The number of halogens is 1. The summed E-state index contributed by atoms with van der Waals surface area (Å²) in [7, 11) is 0. The Labute approximate surface area is 76.9 Å². The summed E-state index contributed by atoms with van der Waals surface area (Å²) in [6.45, 7) is 1.69. The number of hydrazine groups is 1. The molecule has 13 heavy (non-hydrogen) atoms. The molecule has 0 spiro atoms. The molecule has 1 aromatic rings. The molecule has 0 aliphatic heterocycles. The second-order valence-corrected chi connectivity index (χ2v) is 2.77. The largest absolute Gasteiger partial charge is 0.270 e. The standard InChI is InChI=1S/C10H11FN2/c1-3-10(13-12)8-5-4-7(2)9(11)6-8/h1,4-6,10,13H,12H2,2H3. The fraction of sp³-hybridized carbons (Fsp3) is 0.200. The summed E-state index contributed by atoms with van der Waals surface area (Å²) in [5.41, 5.74) is 3.67. The van der Waals surface area contributed by atoms with Gasteiger partial charge in [0.2, 0.25) is 0 Å². The van der Waals surface area contributed by atoms with Gasteiger partial charge >= 0.3 is 0 Å². The lowest BCUT2D eigenvalue weighted by molar-refractivity contribution is 0.607. The molecule has 68 valence electrons. The number of terminal acetylenes is 1. The maximum atomic E-state index is 13.1. The molecule has 0 saturated carbocycles. The normalized spacial score (nSPS) is 12.2. The van der Waals surface area contributed by atoms with Crippen LogP contribution in [0.5, 0.6) is 0 Å². The smallest absolute Gasteiger partial charge is 0.126 e. The maximum Gasteiger partial charge on any atom is 0.126 e. The Bertz CT molecular complexity index is 341. The molecule has 0 radical (unpaired) electrons. The summed E-state index contributed by atoms with van der Waals surface area (Å²) in [5, 5.41) is 0. The van der Waals surface area contributed by atoms with E-state index in [-0.39, 0.29) is 5.82 Å². The van der Waals surface area contributed by atoms with Gasteiger partial charge in [0.15, 0.2) is 0 Å². The highest BCUT2D eigenvalue weighted by molar-refractivity contribution is 5.29. The van der Waals surface area contributed by atoms with Gasteiger partial charge in [0.1, 0.15) is 11.9 Å². The van der Waals surface area contributed by atoms with E-state index in [1.54, 1.807) is 19.1 Å². The molecular weight excluding hydrogens is 167 g/mol. The number of nitrogens with two attached hydrogens (primary N) is 1. The van der Waals surface area contributed by atoms with Gasteiger partial charge in [0.05, 0.1) is 0 Å². The summed E-state index contributed by atoms with van der Waals surface area (Å²) in [6, 6.07) is 4.38. The molecule has 1 unspecified atom stereocenters. The number of benzene rings is 1. The number of nitrogens with one attached hydrogen (secondary N) is 1. The monoisotopic (exact) mass is 178 g/mol. The van der Waals surface area contributed by atoms with E-state index in [9.17, 15) is 4.39 Å². The minimum absolute atomic E-state index is 0.270. The highest BCUT2D eigenvalue weighted by Crippen LogP contribution is 2.15. The van der Waals surface area contributed by atoms with Crippen molar-refractivity contribution in [3.8, 4) is 12.3 Å². The molecule has 0 aromatic heterocycles. The number of aryl methyl sites for hydroxylation is 1. The third kappa shape index (κ3) is 2.05. The van der Waals surface area contributed by atoms with Crippen LogP contribution in [0.25, 0.3) is 0 Å². The zero-order chi connectivity index (χ0) is 9.84. The van der Waals surface area contributed by atoms with Crippen molar-refractivity contribution in [3.63, 3.8) is 0 Å². The zero-order valence-corrected chi connectivity index (χ0v) is 7.34. The molecular formula is C10H11FN2. The summed E-state index contributed by atoms with van der Waals surface area (Å²) in [6.07, 6.45) is 5.19. The molecule has 1 aromatic carbocycles. The summed E-state index contributed by atoms with van der Waals surface area (Å²) < 4.78 is 13.1. The van der Waals surface area contributed by atoms with Crippen molar-refractivity contribution in [2.75, 3.05) is 0 Å². The first-order chi connectivity index (χ1) is 6.19. The van der Waals surface area contributed by atoms with Gasteiger partial charge in [-0.2, -0.15) is 0 Å². The molecule has 0 bridgehead atoms. The first-order valence-electron chi connectivity index (χ1n) is 3.87. The maximum absolute atomic E-state index is 13.1. The third-order valence-corrected chi connectivity index (χ3v) is 1.86. The molecule has 3 heteroatoms. The average Bonchev–Trinajstić information content (AvgIpc) is 2.13. The van der Waals surface area contributed by atoms with Gasteiger partial charge in [-0.1, -0.05) is 18.1 Å². The predicted molar refractivity (Wildman–Crippen MR) is 50.0 cm³/mol. The molecule has 0 fully saturated rings. The minimum Gasteiger partial charge on any atom is -0.270 e. The lowest BCUT2D eigenvalue weighted by Crippen LogP contribution is -2.26. The Morgan fingerprint density at radius 2 is 2.31 bits per heavy atom. The second-order valence-electron chi connectivity index (χ2n) is 2.77. The van der Waals surface area contributed by atoms with Gasteiger partial charge in [-0.15, -0.1) is 6.42 Å². The van der Waals surface area contributed by atoms with E-state index in [0.717, 1.165) is 0 Å². The Morgan fingerprint density at radius 3 is 2.77 bits per heavy atom. The van der Waals surface area contributed by atoms with Crippen LogP contribution in [0.3, 0.4) is 0 Å². The van der Waals surface area contributed by atoms with Gasteiger partial charge < -0.3 is 0 Å². The SMILES string of the molecule is C#CC(NN)c1ccc(C)c(F)c1. The van der Waals surface area contributed by atoms with Crippen LogP contribution < -0.4 is 11.3 Å². The van der Waals surface area contributed by atoms with Gasteiger partial charge in [-0.3, -0.25) is 5.84 Å². The van der Waals surface area contributed by atoms with E-state index in [2.05, 4.69) is 11.3 Å². The Balaban J connectivity index is 3.04. The minimum atomic E-state index is -0.435. The van der Waals surface area contributed by atoms with Crippen molar-refractivity contribution in [1.82, 2.24) is 5.43 Å². The van der Waals surface area contributed by atoms with E-state index in [4.69, 9.17) is 12.3 Å². The van der Waals surface area contributed by atoms with Gasteiger partial charge in [0, 0.05) is 0 Å². The fourth-order valence-corrected chi connectivity index (χ4v) is 1.03. The van der Waals surface area contributed by atoms with Gasteiger partial charge in [-0.25, -0.2) is 9.82 Å². The highest BCUT2D eigenvalue weighted by atomic mass is 19.1. The van der Waals surface area contributed by atoms with Crippen molar-refractivity contribution < 1.29 is 4.39 Å². The van der Waals surface area contributed by atoms with E-state index >= 15 is 0 Å². The topological polar surface area (TPSA) is 38.0 Å². The highest BCUT2D eigenvalue weighted by Gasteiger charge is 2.07. The molecule has 3 N–H and O–H groups in total. The van der Waals surface area contributed by atoms with Gasteiger partial charge in [-0.05, 0) is 24.1 Å². The van der Waals surface area contributed by atoms with E-state index in [1.807, 2.05) is 0 Å². The van der Waals surface area contributed by atoms with Crippen LogP contribution in [0.4, 0.5) is 4.39 Å². The molecule has 1 atom stereocenters. The molecule has 0 amide bonds. The third-order valence-electron chi connectivity index (χ3n) is 1.86. The van der Waals surface area contributed by atoms with Crippen LogP contribution in [-0.4, -0.2) is 0 Å². The lowest BCUT2D eigenvalue weighted by atomic mass is 10.1. The molecule has 2 nitrogen and oxygen atoms in total. The fourth-order valence-electron chi connectivity index (χ4n) is 1.03. The molecule has 0 heterocycles. The van der Waals surface area contributed by atoms with Crippen LogP contribution in [0, 0.1) is 25.1 Å². The quantitative estimate of drug-likeness (QED) is 0.406. The van der Waals surface area contributed by atoms with E-state index < -0.39 is 6.04 Å². The average molecular weight is 178 g/mol. The van der Waals surface area contributed by atoms with Crippen LogP contribution in [0.2, 0.25) is 0 Å². The number of rotatable bonds is 2.